The first-order chi connectivity index (χ1) is 8.20. The van der Waals surface area contributed by atoms with Gasteiger partial charge < -0.3 is 15.1 Å². The molecule has 2 heterocycles. The average Bonchev–Trinajstić information content (AvgIpc) is 2.81. The zero-order valence-corrected chi connectivity index (χ0v) is 10.3. The minimum Gasteiger partial charge on any atom is -0.472 e. The highest BCUT2D eigenvalue weighted by molar-refractivity contribution is 6.33. The molecule has 0 aromatic carbocycles. The van der Waals surface area contributed by atoms with Crippen molar-refractivity contribution in [2.24, 2.45) is 5.73 Å². The molecule has 0 bridgehead atoms. The summed E-state index contributed by atoms with van der Waals surface area (Å²) in [6.07, 6.45) is 5.10. The monoisotopic (exact) mass is 251 g/mol. The van der Waals surface area contributed by atoms with Crippen molar-refractivity contribution in [3.05, 3.63) is 47.0 Å². The highest BCUT2D eigenvalue weighted by Gasteiger charge is 2.09. The van der Waals surface area contributed by atoms with E-state index < -0.39 is 0 Å². The van der Waals surface area contributed by atoms with Crippen molar-refractivity contribution in [2.45, 2.75) is 13.1 Å². The van der Waals surface area contributed by atoms with Gasteiger partial charge >= 0.3 is 0 Å². The van der Waals surface area contributed by atoms with Crippen LogP contribution in [0.5, 0.6) is 0 Å². The van der Waals surface area contributed by atoms with Crippen molar-refractivity contribution < 1.29 is 4.42 Å². The summed E-state index contributed by atoms with van der Waals surface area (Å²) < 4.78 is 5.02. The average molecular weight is 252 g/mol. The summed E-state index contributed by atoms with van der Waals surface area (Å²) in [7, 11) is 1.93. The van der Waals surface area contributed by atoms with Gasteiger partial charge in [0.1, 0.15) is 5.82 Å². The van der Waals surface area contributed by atoms with Crippen LogP contribution in [0, 0.1) is 0 Å². The lowest BCUT2D eigenvalue weighted by atomic mass is 10.2. The van der Waals surface area contributed by atoms with Gasteiger partial charge in [0.15, 0.2) is 0 Å². The van der Waals surface area contributed by atoms with Crippen LogP contribution >= 0.6 is 11.6 Å². The third-order valence-corrected chi connectivity index (χ3v) is 2.75. The second kappa shape index (κ2) is 5.21. The normalized spacial score (nSPS) is 10.5. The number of rotatable bonds is 4. The fourth-order valence-corrected chi connectivity index (χ4v) is 1.93. The molecule has 2 aromatic rings. The minimum atomic E-state index is 0.443. The molecule has 90 valence electrons. The summed E-state index contributed by atoms with van der Waals surface area (Å²) in [6, 6.07) is 3.76. The van der Waals surface area contributed by atoms with Crippen molar-refractivity contribution in [3.8, 4) is 0 Å². The maximum absolute atomic E-state index is 6.16. The van der Waals surface area contributed by atoms with E-state index in [1.165, 1.54) is 0 Å². The standard InChI is InChI=1S/C12H14ClN3O/c1-16(7-9-2-3-17-8-9)12-11(13)4-10(5-14)6-15-12/h2-4,6,8H,5,7,14H2,1H3. The Morgan fingerprint density at radius 2 is 2.29 bits per heavy atom. The Labute approximate surface area is 105 Å². The maximum atomic E-state index is 6.16. The second-order valence-electron chi connectivity index (χ2n) is 3.84. The molecular formula is C12H14ClN3O. The van der Waals surface area contributed by atoms with Gasteiger partial charge in [-0.05, 0) is 17.7 Å². The Balaban J connectivity index is 2.16. The molecule has 0 saturated heterocycles. The lowest BCUT2D eigenvalue weighted by Gasteiger charge is -2.18. The van der Waals surface area contributed by atoms with E-state index in [4.69, 9.17) is 21.8 Å². The largest absolute Gasteiger partial charge is 0.472 e. The van der Waals surface area contributed by atoms with E-state index in [0.717, 1.165) is 16.9 Å². The number of nitrogens with two attached hydrogens (primary N) is 1. The summed E-state index contributed by atoms with van der Waals surface area (Å²) in [4.78, 5) is 6.28. The van der Waals surface area contributed by atoms with Crippen molar-refractivity contribution in [3.63, 3.8) is 0 Å². The third-order valence-electron chi connectivity index (χ3n) is 2.48. The van der Waals surface area contributed by atoms with Crippen molar-refractivity contribution >= 4 is 17.4 Å². The number of hydrogen-bond donors (Lipinski definition) is 1. The Bertz CT molecular complexity index is 485. The molecule has 17 heavy (non-hydrogen) atoms. The van der Waals surface area contributed by atoms with E-state index in [1.54, 1.807) is 18.7 Å². The summed E-state index contributed by atoms with van der Waals surface area (Å²) >= 11 is 6.16. The molecule has 2 rings (SSSR count). The molecule has 0 atom stereocenters. The number of anilines is 1. The highest BCUT2D eigenvalue weighted by Crippen LogP contribution is 2.24. The SMILES string of the molecule is CN(Cc1ccoc1)c1ncc(CN)cc1Cl. The first kappa shape index (κ1) is 12.0. The van der Waals surface area contributed by atoms with E-state index in [-0.39, 0.29) is 0 Å². The third kappa shape index (κ3) is 2.78. The Morgan fingerprint density at radius 1 is 1.47 bits per heavy atom. The van der Waals surface area contributed by atoms with Gasteiger partial charge in [0.05, 0.1) is 17.5 Å². The molecule has 2 aromatic heterocycles. The van der Waals surface area contributed by atoms with E-state index in [9.17, 15) is 0 Å². The van der Waals surface area contributed by atoms with Gasteiger partial charge in [0, 0.05) is 31.9 Å². The topological polar surface area (TPSA) is 55.3 Å². The van der Waals surface area contributed by atoms with Gasteiger partial charge in [-0.25, -0.2) is 4.98 Å². The molecule has 0 aliphatic heterocycles. The molecule has 0 fully saturated rings. The first-order valence-corrected chi connectivity index (χ1v) is 5.65. The van der Waals surface area contributed by atoms with Gasteiger partial charge in [-0.2, -0.15) is 0 Å². The summed E-state index contributed by atoms with van der Waals surface area (Å²) in [5, 5.41) is 0.610. The van der Waals surface area contributed by atoms with Crippen LogP contribution in [-0.4, -0.2) is 12.0 Å². The molecule has 0 aliphatic carbocycles. The van der Waals surface area contributed by atoms with Crippen LogP contribution in [0.15, 0.2) is 35.3 Å². The Morgan fingerprint density at radius 3 is 2.88 bits per heavy atom. The van der Waals surface area contributed by atoms with E-state index in [1.807, 2.05) is 24.1 Å². The smallest absolute Gasteiger partial charge is 0.147 e. The highest BCUT2D eigenvalue weighted by atomic mass is 35.5. The van der Waals surface area contributed by atoms with Crippen LogP contribution in [0.4, 0.5) is 5.82 Å². The van der Waals surface area contributed by atoms with Gasteiger partial charge in [-0.1, -0.05) is 11.6 Å². The van der Waals surface area contributed by atoms with Crippen LogP contribution in [-0.2, 0) is 13.1 Å². The lowest BCUT2D eigenvalue weighted by molar-refractivity contribution is 0.563. The molecule has 0 amide bonds. The number of nitrogens with zero attached hydrogens (tertiary/aromatic N) is 2. The molecule has 0 aliphatic rings. The van der Waals surface area contributed by atoms with Crippen molar-refractivity contribution in [2.75, 3.05) is 11.9 Å². The van der Waals surface area contributed by atoms with Crippen LogP contribution in [0.3, 0.4) is 0 Å². The summed E-state index contributed by atoms with van der Waals surface area (Å²) in [5.41, 5.74) is 7.53. The molecule has 0 saturated carbocycles. The zero-order chi connectivity index (χ0) is 12.3. The quantitative estimate of drug-likeness (QED) is 0.907. The van der Waals surface area contributed by atoms with Crippen LogP contribution in [0.2, 0.25) is 5.02 Å². The molecule has 0 radical (unpaired) electrons. The fraction of sp³-hybridized carbons (Fsp3) is 0.250. The van der Waals surface area contributed by atoms with E-state index in [2.05, 4.69) is 4.98 Å². The Hall–Kier alpha value is -1.52. The summed E-state index contributed by atoms with van der Waals surface area (Å²) in [6.45, 7) is 1.14. The molecule has 0 spiro atoms. The van der Waals surface area contributed by atoms with Gasteiger partial charge in [0.25, 0.3) is 0 Å². The molecule has 0 unspecified atom stereocenters. The number of hydrogen-bond acceptors (Lipinski definition) is 4. The van der Waals surface area contributed by atoms with Crippen molar-refractivity contribution in [1.29, 1.82) is 0 Å². The fourth-order valence-electron chi connectivity index (χ4n) is 1.59. The molecule has 4 nitrogen and oxygen atoms in total. The zero-order valence-electron chi connectivity index (χ0n) is 9.56. The van der Waals surface area contributed by atoms with Crippen LogP contribution in [0.1, 0.15) is 11.1 Å². The van der Waals surface area contributed by atoms with E-state index >= 15 is 0 Å². The molecule has 5 heteroatoms. The van der Waals surface area contributed by atoms with E-state index in [0.29, 0.717) is 18.1 Å². The predicted octanol–water partition coefficient (Wildman–Crippen LogP) is 2.42. The minimum absolute atomic E-state index is 0.443. The second-order valence-corrected chi connectivity index (χ2v) is 4.25. The lowest BCUT2D eigenvalue weighted by Crippen LogP contribution is -2.18. The van der Waals surface area contributed by atoms with Gasteiger partial charge in [-0.3, -0.25) is 0 Å². The first-order valence-electron chi connectivity index (χ1n) is 5.27. The van der Waals surface area contributed by atoms with Gasteiger partial charge in [0.2, 0.25) is 0 Å². The molecule has 2 N–H and O–H groups in total. The number of furan rings is 1. The van der Waals surface area contributed by atoms with Crippen molar-refractivity contribution in [1.82, 2.24) is 4.98 Å². The predicted molar refractivity (Wildman–Crippen MR) is 68.0 cm³/mol. The summed E-state index contributed by atoms with van der Waals surface area (Å²) in [5.74, 6) is 0.741. The number of aromatic nitrogens is 1. The maximum Gasteiger partial charge on any atom is 0.147 e. The number of halogens is 1. The van der Waals surface area contributed by atoms with Crippen LogP contribution < -0.4 is 10.6 Å². The Kier molecular flexibility index (Phi) is 3.66. The number of pyridine rings is 1. The molecular weight excluding hydrogens is 238 g/mol. The van der Waals surface area contributed by atoms with Gasteiger partial charge in [-0.15, -0.1) is 0 Å². The van der Waals surface area contributed by atoms with Crippen LogP contribution in [0.25, 0.3) is 0 Å².